The Morgan fingerprint density at radius 3 is 2.46 bits per heavy atom. The number of H-pyrrole nitrogens is 1. The fourth-order valence-electron chi connectivity index (χ4n) is 3.86. The lowest BCUT2D eigenvalue weighted by Gasteiger charge is -2.17. The van der Waals surface area contributed by atoms with Gasteiger partial charge in [0.05, 0.1) is 10.9 Å². The molecule has 0 saturated carbocycles. The molecule has 0 saturated heterocycles. The fraction of sp³-hybridized carbons (Fsp3) is 0.111. The normalized spacial score (nSPS) is 11.5. The number of hydrogen-bond acceptors (Lipinski definition) is 6. The topological polar surface area (TPSA) is 122 Å². The number of halogens is 4. The molecule has 5 rings (SSSR count). The third-order valence-corrected chi connectivity index (χ3v) is 6.26. The van der Waals surface area contributed by atoms with E-state index in [1.807, 2.05) is 30.3 Å². The summed E-state index contributed by atoms with van der Waals surface area (Å²) in [6.45, 7) is -1.68. The van der Waals surface area contributed by atoms with Crippen molar-refractivity contribution in [3.05, 3.63) is 94.8 Å². The number of nitrogens with two attached hydrogens (primary N) is 1. The van der Waals surface area contributed by atoms with Gasteiger partial charge in [-0.05, 0) is 47.5 Å². The van der Waals surface area contributed by atoms with Crippen molar-refractivity contribution in [3.63, 3.8) is 0 Å². The summed E-state index contributed by atoms with van der Waals surface area (Å²) in [7, 11) is 0. The number of aromatic nitrogens is 4. The zero-order valence-electron chi connectivity index (χ0n) is 20.2. The van der Waals surface area contributed by atoms with Crippen molar-refractivity contribution in [1.82, 2.24) is 20.2 Å². The number of hydrogen-bond donors (Lipinski definition) is 4. The van der Waals surface area contributed by atoms with Gasteiger partial charge in [0.25, 0.3) is 5.91 Å². The Morgan fingerprint density at radius 1 is 1.00 bits per heavy atom. The van der Waals surface area contributed by atoms with Crippen LogP contribution < -0.4 is 16.4 Å². The lowest BCUT2D eigenvalue weighted by atomic mass is 10.0. The Hall–Kier alpha value is -4.64. The van der Waals surface area contributed by atoms with Gasteiger partial charge in [-0.25, -0.2) is 14.4 Å². The number of amides is 1. The number of pyridine rings is 2. The Balaban J connectivity index is 1.36. The minimum absolute atomic E-state index is 0.0639. The van der Waals surface area contributed by atoms with E-state index in [4.69, 9.17) is 17.3 Å². The zero-order chi connectivity index (χ0) is 27.6. The molecule has 0 aliphatic heterocycles. The average Bonchev–Trinajstić information content (AvgIpc) is 3.33. The molecule has 8 nitrogen and oxygen atoms in total. The molecular weight excluding hydrogens is 531 g/mol. The van der Waals surface area contributed by atoms with Gasteiger partial charge in [0, 0.05) is 40.8 Å². The van der Waals surface area contributed by atoms with E-state index in [0.29, 0.717) is 22.2 Å². The number of benzene rings is 2. The number of nitrogen functional groups attached to an aromatic ring is 1. The highest BCUT2D eigenvalue weighted by Gasteiger charge is 2.33. The number of rotatable bonds is 8. The third kappa shape index (κ3) is 5.63. The second kappa shape index (κ2) is 10.6. The minimum Gasteiger partial charge on any atom is -0.384 e. The van der Waals surface area contributed by atoms with Crippen LogP contribution in [-0.2, 0) is 12.5 Å². The molecule has 0 unspecified atom stereocenters. The van der Waals surface area contributed by atoms with Crippen LogP contribution in [0.25, 0.3) is 22.2 Å². The number of aromatic amines is 1. The molecule has 0 spiro atoms. The molecule has 3 aromatic heterocycles. The highest BCUT2D eigenvalue weighted by Crippen LogP contribution is 2.31. The molecule has 5 N–H and O–H groups in total. The molecule has 1 amide bonds. The van der Waals surface area contributed by atoms with Crippen LogP contribution in [0.2, 0.25) is 5.02 Å². The predicted octanol–water partition coefficient (Wildman–Crippen LogP) is 6.18. The first-order valence-electron chi connectivity index (χ1n) is 11.7. The molecule has 0 aliphatic carbocycles. The quantitative estimate of drug-likeness (QED) is 0.183. The first-order valence-corrected chi connectivity index (χ1v) is 12.1. The Kier molecular flexibility index (Phi) is 7.07. The molecule has 0 atom stereocenters. The first kappa shape index (κ1) is 26.0. The third-order valence-electron chi connectivity index (χ3n) is 6.01. The van der Waals surface area contributed by atoms with Crippen LogP contribution in [0, 0.1) is 0 Å². The number of alkyl halides is 3. The monoisotopic (exact) mass is 551 g/mol. The van der Waals surface area contributed by atoms with Gasteiger partial charge in [-0.15, -0.1) is 0 Å². The van der Waals surface area contributed by atoms with E-state index in [1.54, 1.807) is 30.5 Å². The maximum atomic E-state index is 14.1. The minimum atomic E-state index is -3.78. The molecule has 0 bridgehead atoms. The van der Waals surface area contributed by atoms with Gasteiger partial charge in [0.15, 0.2) is 12.3 Å². The number of carbonyl (C=O) groups is 1. The summed E-state index contributed by atoms with van der Waals surface area (Å²) in [4.78, 5) is 21.3. The van der Waals surface area contributed by atoms with Gasteiger partial charge in [-0.3, -0.25) is 9.89 Å². The number of nitrogens with zero attached hydrogens (tertiary/aromatic N) is 3. The van der Waals surface area contributed by atoms with E-state index in [9.17, 15) is 18.0 Å². The van der Waals surface area contributed by atoms with E-state index in [1.165, 1.54) is 0 Å². The summed E-state index contributed by atoms with van der Waals surface area (Å²) in [5.41, 5.74) is 8.54. The lowest BCUT2D eigenvalue weighted by molar-refractivity contribution is -0.0283. The fourth-order valence-corrected chi connectivity index (χ4v) is 3.99. The highest BCUT2D eigenvalue weighted by atomic mass is 35.5. The Morgan fingerprint density at radius 2 is 1.74 bits per heavy atom. The zero-order valence-corrected chi connectivity index (χ0v) is 20.9. The lowest BCUT2D eigenvalue weighted by Crippen LogP contribution is -2.21. The van der Waals surface area contributed by atoms with Crippen LogP contribution in [0.1, 0.15) is 21.5 Å². The summed E-state index contributed by atoms with van der Waals surface area (Å²) >= 11 is 5.88. The molecular formula is C27H21ClF3N7O. The van der Waals surface area contributed by atoms with Crippen LogP contribution in [0.5, 0.6) is 0 Å². The van der Waals surface area contributed by atoms with Gasteiger partial charge in [-0.2, -0.15) is 13.9 Å². The van der Waals surface area contributed by atoms with Crippen LogP contribution in [0.3, 0.4) is 0 Å². The van der Waals surface area contributed by atoms with Crippen molar-refractivity contribution in [1.29, 1.82) is 0 Å². The van der Waals surface area contributed by atoms with Gasteiger partial charge < -0.3 is 16.4 Å². The first-order chi connectivity index (χ1) is 18.7. The smallest absolute Gasteiger partial charge is 0.302 e. The van der Waals surface area contributed by atoms with Crippen molar-refractivity contribution in [2.24, 2.45) is 0 Å². The molecule has 5 aromatic rings. The summed E-state index contributed by atoms with van der Waals surface area (Å²) in [6, 6.07) is 16.6. The molecule has 39 heavy (non-hydrogen) atoms. The number of nitrogens with one attached hydrogen (secondary N) is 3. The van der Waals surface area contributed by atoms with Gasteiger partial charge in [0.1, 0.15) is 11.6 Å². The van der Waals surface area contributed by atoms with Crippen molar-refractivity contribution in [2.45, 2.75) is 12.5 Å². The number of fused-ring (bicyclic) bond motifs is 1. The van der Waals surface area contributed by atoms with Crippen molar-refractivity contribution in [2.75, 3.05) is 23.0 Å². The van der Waals surface area contributed by atoms with Crippen molar-refractivity contribution >= 4 is 45.9 Å². The summed E-state index contributed by atoms with van der Waals surface area (Å²) in [5, 5.41) is 13.5. The SMILES string of the molecule is Nc1[nH]nc2ncc(-c3ccc(CNc4ncc(C(F)(F)CF)cc4C(=O)Nc4ccc(Cl)cc4)cc3)cc12. The van der Waals surface area contributed by atoms with E-state index in [2.05, 4.69) is 30.8 Å². The Labute approximate surface area is 225 Å². The van der Waals surface area contributed by atoms with Gasteiger partial charge in [0.2, 0.25) is 0 Å². The summed E-state index contributed by atoms with van der Waals surface area (Å²) in [5.74, 6) is -3.98. The molecule has 12 heteroatoms. The standard InChI is InChI=1S/C27H21ClF3N7O/c28-19-5-7-20(8-6-19)36-26(39)22-10-18(27(30,31)14-29)13-35-24(22)33-11-15-1-3-16(4-2-15)17-9-21-23(32)37-38-25(21)34-12-17/h1-10,12-13H,11,14H2,(H,33,35)(H,36,39)(H3,32,34,37,38). The van der Waals surface area contributed by atoms with Crippen LogP contribution in [0.15, 0.2) is 73.1 Å². The molecule has 0 radical (unpaired) electrons. The highest BCUT2D eigenvalue weighted by molar-refractivity contribution is 6.30. The molecule has 0 fully saturated rings. The van der Waals surface area contributed by atoms with Crippen molar-refractivity contribution in [3.8, 4) is 11.1 Å². The molecule has 3 heterocycles. The molecule has 0 aliphatic rings. The molecule has 2 aromatic carbocycles. The molecule has 198 valence electrons. The number of carbonyl (C=O) groups excluding carboxylic acids is 1. The van der Waals surface area contributed by atoms with E-state index in [-0.39, 0.29) is 17.9 Å². The van der Waals surface area contributed by atoms with E-state index < -0.39 is 24.1 Å². The number of anilines is 3. The van der Waals surface area contributed by atoms with Gasteiger partial charge >= 0.3 is 5.92 Å². The maximum Gasteiger partial charge on any atom is 0.302 e. The van der Waals surface area contributed by atoms with E-state index >= 15 is 0 Å². The second-order valence-corrected chi connectivity index (χ2v) is 9.14. The predicted molar refractivity (Wildman–Crippen MR) is 145 cm³/mol. The van der Waals surface area contributed by atoms with Crippen LogP contribution in [-0.4, -0.2) is 32.7 Å². The van der Waals surface area contributed by atoms with E-state index in [0.717, 1.165) is 34.3 Å². The summed E-state index contributed by atoms with van der Waals surface area (Å²) in [6.07, 6.45) is 2.55. The van der Waals surface area contributed by atoms with Crippen LogP contribution in [0.4, 0.5) is 30.5 Å². The summed E-state index contributed by atoms with van der Waals surface area (Å²) < 4.78 is 41.1. The second-order valence-electron chi connectivity index (χ2n) is 8.70. The largest absolute Gasteiger partial charge is 0.384 e. The maximum absolute atomic E-state index is 14.1. The Bertz CT molecular complexity index is 1640. The van der Waals surface area contributed by atoms with Gasteiger partial charge in [-0.1, -0.05) is 35.9 Å². The van der Waals surface area contributed by atoms with Crippen molar-refractivity contribution < 1.29 is 18.0 Å². The van der Waals surface area contributed by atoms with Crippen LogP contribution >= 0.6 is 11.6 Å². The average molecular weight is 552 g/mol.